The molecule has 0 spiro atoms. The Morgan fingerprint density at radius 1 is 1.88 bits per heavy atom. The number of hydrogen-bond acceptors (Lipinski definition) is 2. The summed E-state index contributed by atoms with van der Waals surface area (Å²) in [5.41, 5.74) is 0. The quantitative estimate of drug-likeness (QED) is 0.414. The van der Waals surface area contributed by atoms with Crippen molar-refractivity contribution in [2.45, 2.75) is 0 Å². The van der Waals surface area contributed by atoms with Gasteiger partial charge in [0.05, 0.1) is 0 Å². The summed E-state index contributed by atoms with van der Waals surface area (Å²) in [7, 11) is 0. The molecular weight excluding hydrogens is 361 g/mol. The molecule has 0 saturated carbocycles. The molecule has 0 aliphatic heterocycles. The van der Waals surface area contributed by atoms with Crippen molar-refractivity contribution in [2.24, 2.45) is 0 Å². The van der Waals surface area contributed by atoms with Gasteiger partial charge in [-0.3, -0.25) is 0 Å². The summed E-state index contributed by atoms with van der Waals surface area (Å²) in [4.78, 5) is 10.3. The van der Waals surface area contributed by atoms with Gasteiger partial charge in [0.2, 0.25) is 0 Å². The number of carbonyl (C=O) groups excluding carboxylic acids is 1. The molecule has 0 rings (SSSR count). The second kappa shape index (κ2) is 5.76. The van der Waals surface area contributed by atoms with Crippen LogP contribution in [0, 0.1) is 0 Å². The summed E-state index contributed by atoms with van der Waals surface area (Å²) in [6, 6.07) is 0. The topological polar surface area (TPSA) is 26.3 Å². The second-order valence-corrected chi connectivity index (χ2v) is 2.79. The molecule has 4 heteroatoms. The summed E-state index contributed by atoms with van der Waals surface area (Å²) in [6.07, 6.45) is 3.12. The maximum atomic E-state index is 10.3. The van der Waals surface area contributed by atoms with Gasteiger partial charge in [0.15, 0.2) is 0 Å². The molecule has 0 aliphatic rings. The van der Waals surface area contributed by atoms with Crippen LogP contribution >= 0.6 is 15.9 Å². The van der Waals surface area contributed by atoms with Crippen molar-refractivity contribution in [1.29, 1.82) is 0 Å². The van der Waals surface area contributed by atoms with Crippen LogP contribution in [-0.4, -0.2) is 11.3 Å². The van der Waals surface area contributed by atoms with E-state index in [4.69, 9.17) is 0 Å². The average Bonchev–Trinajstić information content (AvgIpc) is 1.83. The first kappa shape index (κ1) is 8.63. The van der Waals surface area contributed by atoms with Gasteiger partial charge in [-0.2, -0.15) is 0 Å². The van der Waals surface area contributed by atoms with Crippen LogP contribution in [0.4, 0.5) is 0 Å². The van der Waals surface area contributed by atoms with Gasteiger partial charge in [-0.1, -0.05) is 0 Å². The molecule has 41 valence electrons. The molecule has 0 heterocycles. The van der Waals surface area contributed by atoms with E-state index in [1.165, 1.54) is 6.08 Å². The third-order valence-electron chi connectivity index (χ3n) is 0.485. The zero-order valence-corrected chi connectivity index (χ0v) is 11.3. The SMILES string of the molecule is O=C(/C=C/CBr)[O][Hg]. The first-order valence-electron chi connectivity index (χ1n) is 1.99. The second-order valence-electron chi connectivity index (χ2n) is 1.02. The fourth-order valence-corrected chi connectivity index (χ4v) is 0.750. The van der Waals surface area contributed by atoms with Crippen molar-refractivity contribution < 1.29 is 34.0 Å². The molecule has 0 aromatic rings. The number of halogens is 1. The van der Waals surface area contributed by atoms with Gasteiger partial charge in [-0.25, -0.2) is 0 Å². The normalized spacial score (nSPS) is 9.88. The van der Waals surface area contributed by atoms with Crippen molar-refractivity contribution in [2.75, 3.05) is 5.33 Å². The van der Waals surface area contributed by atoms with Crippen LogP contribution in [0.2, 0.25) is 0 Å². The average molecular weight is 365 g/mol. The molecule has 0 fully saturated rings. The van der Waals surface area contributed by atoms with Crippen molar-refractivity contribution in [3.05, 3.63) is 12.2 Å². The first-order valence-corrected chi connectivity index (χ1v) is 5.36. The van der Waals surface area contributed by atoms with Crippen molar-refractivity contribution >= 4 is 21.9 Å². The molecule has 0 aromatic carbocycles. The third kappa shape index (κ3) is 4.78. The van der Waals surface area contributed by atoms with E-state index in [1.807, 2.05) is 0 Å². The Morgan fingerprint density at radius 3 is 2.88 bits per heavy atom. The van der Waals surface area contributed by atoms with E-state index in [9.17, 15) is 4.79 Å². The Balaban J connectivity index is 3.37. The minimum absolute atomic E-state index is 0.124. The predicted molar refractivity (Wildman–Crippen MR) is 29.0 cm³/mol. The molecule has 2 nitrogen and oxygen atoms in total. The molecule has 0 N–H and O–H groups in total. The fourth-order valence-electron chi connectivity index (χ4n) is 0.189. The van der Waals surface area contributed by atoms with Gasteiger partial charge < -0.3 is 0 Å². The van der Waals surface area contributed by atoms with Gasteiger partial charge in [0.1, 0.15) is 0 Å². The Bertz CT molecular complexity index is 102. The minimum atomic E-state index is -0.229. The van der Waals surface area contributed by atoms with Crippen LogP contribution in [0.5, 0.6) is 0 Å². The molecule has 0 aromatic heterocycles. The maximum absolute atomic E-state index is 10.3. The predicted octanol–water partition coefficient (Wildman–Crippen LogP) is 0.942. The molecule has 0 amide bonds. The summed E-state index contributed by atoms with van der Waals surface area (Å²) >= 11 is 3.25. The Morgan fingerprint density at radius 2 is 2.50 bits per heavy atom. The van der Waals surface area contributed by atoms with Crippen molar-refractivity contribution in [3.8, 4) is 0 Å². The molecular formula is C4H4BrHgO2. The zero-order valence-electron chi connectivity index (χ0n) is 4.26. The van der Waals surface area contributed by atoms with Crippen LogP contribution in [0.1, 0.15) is 0 Å². The van der Waals surface area contributed by atoms with Gasteiger partial charge in [0.25, 0.3) is 0 Å². The molecule has 0 unspecified atom stereocenters. The number of alkyl halides is 1. The van der Waals surface area contributed by atoms with Gasteiger partial charge in [-0.05, 0) is 0 Å². The number of carbonyl (C=O) groups is 1. The molecule has 0 saturated heterocycles. The molecule has 8 heavy (non-hydrogen) atoms. The van der Waals surface area contributed by atoms with Crippen LogP contribution in [0.3, 0.4) is 0 Å². The van der Waals surface area contributed by atoms with E-state index in [-0.39, 0.29) is 32.5 Å². The van der Waals surface area contributed by atoms with E-state index in [2.05, 4.69) is 18.6 Å². The van der Waals surface area contributed by atoms with E-state index >= 15 is 0 Å². The molecule has 0 radical (unpaired) electrons. The van der Waals surface area contributed by atoms with E-state index in [1.54, 1.807) is 6.08 Å². The summed E-state index contributed by atoms with van der Waals surface area (Å²) in [5.74, 6) is -0.229. The van der Waals surface area contributed by atoms with Gasteiger partial charge in [-0.15, -0.1) is 0 Å². The Kier molecular flexibility index (Phi) is 6.21. The van der Waals surface area contributed by atoms with Crippen LogP contribution in [-0.2, 0) is 34.0 Å². The summed E-state index contributed by atoms with van der Waals surface area (Å²) in [6.45, 7) is 0. The third-order valence-corrected chi connectivity index (χ3v) is 1.97. The number of rotatable bonds is 2. The Labute approximate surface area is 73.0 Å². The van der Waals surface area contributed by atoms with Gasteiger partial charge >= 0.3 is 73.4 Å². The van der Waals surface area contributed by atoms with E-state index in [0.29, 0.717) is 5.33 Å². The number of hydrogen-bond donors (Lipinski definition) is 0. The van der Waals surface area contributed by atoms with Crippen molar-refractivity contribution in [1.82, 2.24) is 0 Å². The first-order chi connectivity index (χ1) is 3.81. The molecule has 0 bridgehead atoms. The number of allylic oxidation sites excluding steroid dienone is 1. The summed E-state index contributed by atoms with van der Waals surface area (Å²) in [5, 5.41) is 0.704. The van der Waals surface area contributed by atoms with Crippen molar-refractivity contribution in [3.63, 3.8) is 0 Å². The van der Waals surface area contributed by atoms with Crippen LogP contribution < -0.4 is 0 Å². The van der Waals surface area contributed by atoms with E-state index < -0.39 is 0 Å². The monoisotopic (exact) mass is 365 g/mol. The van der Waals surface area contributed by atoms with Gasteiger partial charge in [0, 0.05) is 0 Å². The van der Waals surface area contributed by atoms with Crippen LogP contribution in [0.15, 0.2) is 12.2 Å². The molecule has 0 aliphatic carbocycles. The standard InChI is InChI=1S/C4H5BrO2.Hg/c5-3-1-2-4(6)7;/h1-2H,3H2,(H,6,7);/q;+1/p-1/b2-1+;. The fraction of sp³-hybridized carbons (Fsp3) is 0.250. The zero-order chi connectivity index (χ0) is 6.41. The summed E-state index contributed by atoms with van der Waals surface area (Å²) < 4.78 is 4.50. The Hall–Kier alpha value is 0.625. The molecule has 0 atom stereocenters. The van der Waals surface area contributed by atoms with E-state index in [0.717, 1.165) is 0 Å². The van der Waals surface area contributed by atoms with Crippen LogP contribution in [0.25, 0.3) is 0 Å².